The third kappa shape index (κ3) is 4.87. The number of benzene rings is 2. The molecule has 1 heterocycles. The average Bonchev–Trinajstić information content (AvgIpc) is 3.18. The number of ether oxygens (including phenoxy) is 1. The van der Waals surface area contributed by atoms with Crippen LogP contribution in [0.15, 0.2) is 48.5 Å². The molecule has 1 fully saturated rings. The summed E-state index contributed by atoms with van der Waals surface area (Å²) in [6, 6.07) is 13.8. The van der Waals surface area contributed by atoms with Gasteiger partial charge in [-0.15, -0.1) is 11.8 Å². The van der Waals surface area contributed by atoms with Crippen LogP contribution in [-0.4, -0.2) is 48.0 Å². The molecule has 0 radical (unpaired) electrons. The van der Waals surface area contributed by atoms with E-state index >= 15 is 0 Å². The van der Waals surface area contributed by atoms with Crippen molar-refractivity contribution in [3.8, 4) is 5.75 Å². The Morgan fingerprint density at radius 1 is 1.22 bits per heavy atom. The van der Waals surface area contributed by atoms with Crippen LogP contribution in [0.5, 0.6) is 5.75 Å². The summed E-state index contributed by atoms with van der Waals surface area (Å²) in [6.07, 6.45) is 0. The fourth-order valence-corrected chi connectivity index (χ4v) is 4.07. The highest BCUT2D eigenvalue weighted by Crippen LogP contribution is 2.24. The number of amides is 2. The number of rotatable bonds is 6. The van der Waals surface area contributed by atoms with Crippen LogP contribution in [0.2, 0.25) is 5.02 Å². The standard InChI is InChI=1S/C19H20ClN3O3S/c1-26-14-8-6-13(7-9-14)22-19(25)17-11-27-12-23(17)18(24)10-21-16-5-3-2-4-15(16)20/h2-9,17,21H,10-12H2,1H3,(H,22,25). The molecule has 1 unspecified atom stereocenters. The van der Waals surface area contributed by atoms with E-state index < -0.39 is 6.04 Å². The van der Waals surface area contributed by atoms with Crippen LogP contribution in [0.25, 0.3) is 0 Å². The Kier molecular flexibility index (Phi) is 6.47. The fourth-order valence-electron chi connectivity index (χ4n) is 2.68. The van der Waals surface area contributed by atoms with Gasteiger partial charge in [0, 0.05) is 11.4 Å². The first-order valence-corrected chi connectivity index (χ1v) is 9.92. The Hall–Kier alpha value is -2.38. The van der Waals surface area contributed by atoms with Gasteiger partial charge in [0.25, 0.3) is 0 Å². The Balaban J connectivity index is 1.59. The van der Waals surface area contributed by atoms with Gasteiger partial charge in [-0.2, -0.15) is 0 Å². The van der Waals surface area contributed by atoms with E-state index in [0.29, 0.717) is 33.8 Å². The number of nitrogens with zero attached hydrogens (tertiary/aromatic N) is 1. The van der Waals surface area contributed by atoms with E-state index in [9.17, 15) is 9.59 Å². The lowest BCUT2D eigenvalue weighted by Gasteiger charge is -2.23. The molecule has 8 heteroatoms. The second-order valence-corrected chi connectivity index (χ2v) is 7.34. The van der Waals surface area contributed by atoms with Crippen LogP contribution in [0.3, 0.4) is 0 Å². The number of thioether (sulfide) groups is 1. The predicted molar refractivity (Wildman–Crippen MR) is 110 cm³/mol. The van der Waals surface area contributed by atoms with Gasteiger partial charge >= 0.3 is 0 Å². The molecule has 142 valence electrons. The molecule has 6 nitrogen and oxygen atoms in total. The number of anilines is 2. The van der Waals surface area contributed by atoms with Gasteiger partial charge in [-0.25, -0.2) is 0 Å². The fraction of sp³-hybridized carbons (Fsp3) is 0.263. The summed E-state index contributed by atoms with van der Waals surface area (Å²) < 4.78 is 5.11. The molecule has 2 aromatic rings. The maximum Gasteiger partial charge on any atom is 0.248 e. The number of para-hydroxylation sites is 1. The van der Waals surface area contributed by atoms with Gasteiger partial charge < -0.3 is 20.3 Å². The molecule has 1 atom stereocenters. The highest BCUT2D eigenvalue weighted by atomic mass is 35.5. The van der Waals surface area contributed by atoms with Crippen LogP contribution >= 0.6 is 23.4 Å². The SMILES string of the molecule is COc1ccc(NC(=O)C2CSCN2C(=O)CNc2ccccc2Cl)cc1. The molecule has 2 amide bonds. The molecule has 1 aliphatic rings. The van der Waals surface area contributed by atoms with Gasteiger partial charge in [0.15, 0.2) is 0 Å². The first-order valence-electron chi connectivity index (χ1n) is 8.39. The molecule has 3 rings (SSSR count). The number of halogens is 1. The first kappa shape index (κ1) is 19.4. The van der Waals surface area contributed by atoms with Gasteiger partial charge in [0.1, 0.15) is 11.8 Å². The van der Waals surface area contributed by atoms with E-state index in [4.69, 9.17) is 16.3 Å². The average molecular weight is 406 g/mol. The lowest BCUT2D eigenvalue weighted by atomic mass is 10.2. The van der Waals surface area contributed by atoms with Crippen molar-refractivity contribution in [1.29, 1.82) is 0 Å². The minimum absolute atomic E-state index is 0.0800. The van der Waals surface area contributed by atoms with Crippen molar-refractivity contribution in [1.82, 2.24) is 4.90 Å². The normalized spacial score (nSPS) is 16.1. The second kappa shape index (κ2) is 9.01. The van der Waals surface area contributed by atoms with Gasteiger partial charge in [-0.1, -0.05) is 23.7 Å². The van der Waals surface area contributed by atoms with E-state index in [1.54, 1.807) is 54.1 Å². The molecule has 0 aliphatic carbocycles. The second-order valence-electron chi connectivity index (χ2n) is 5.93. The van der Waals surface area contributed by atoms with E-state index in [1.165, 1.54) is 0 Å². The Morgan fingerprint density at radius 3 is 2.67 bits per heavy atom. The van der Waals surface area contributed by atoms with Crippen LogP contribution in [-0.2, 0) is 9.59 Å². The van der Waals surface area contributed by atoms with Gasteiger partial charge in [0.05, 0.1) is 30.2 Å². The molecule has 0 bridgehead atoms. The third-order valence-corrected chi connectivity index (χ3v) is 5.51. The van der Waals surface area contributed by atoms with Gasteiger partial charge in [-0.3, -0.25) is 9.59 Å². The number of methoxy groups -OCH3 is 1. The largest absolute Gasteiger partial charge is 0.497 e. The molecule has 27 heavy (non-hydrogen) atoms. The maximum atomic E-state index is 12.6. The number of nitrogens with one attached hydrogen (secondary N) is 2. The molecular weight excluding hydrogens is 386 g/mol. The lowest BCUT2D eigenvalue weighted by molar-refractivity contribution is -0.134. The number of hydrogen-bond donors (Lipinski definition) is 2. The molecule has 0 aromatic heterocycles. The van der Waals surface area contributed by atoms with E-state index in [1.807, 2.05) is 18.2 Å². The van der Waals surface area contributed by atoms with Crippen molar-refractivity contribution in [3.63, 3.8) is 0 Å². The smallest absolute Gasteiger partial charge is 0.248 e. The minimum atomic E-state index is -0.502. The van der Waals surface area contributed by atoms with E-state index in [2.05, 4.69) is 10.6 Å². The van der Waals surface area contributed by atoms with Crippen molar-refractivity contribution >= 4 is 46.6 Å². The van der Waals surface area contributed by atoms with Gasteiger partial charge in [-0.05, 0) is 36.4 Å². The van der Waals surface area contributed by atoms with Crippen molar-refractivity contribution in [3.05, 3.63) is 53.6 Å². The summed E-state index contributed by atoms with van der Waals surface area (Å²) in [5.41, 5.74) is 1.36. The zero-order chi connectivity index (χ0) is 19.2. The maximum absolute atomic E-state index is 12.6. The van der Waals surface area contributed by atoms with E-state index in [-0.39, 0.29) is 18.4 Å². The summed E-state index contributed by atoms with van der Waals surface area (Å²) in [7, 11) is 1.59. The zero-order valence-corrected chi connectivity index (χ0v) is 16.3. The summed E-state index contributed by atoms with van der Waals surface area (Å²) in [4.78, 5) is 26.8. The summed E-state index contributed by atoms with van der Waals surface area (Å²) in [5.74, 6) is 1.43. The highest BCUT2D eigenvalue weighted by molar-refractivity contribution is 7.99. The monoisotopic (exact) mass is 405 g/mol. The number of carbonyl (C=O) groups is 2. The molecule has 1 aliphatic heterocycles. The van der Waals surface area contributed by atoms with Crippen LogP contribution < -0.4 is 15.4 Å². The topological polar surface area (TPSA) is 70.7 Å². The number of hydrogen-bond acceptors (Lipinski definition) is 5. The molecule has 2 N–H and O–H groups in total. The molecular formula is C19H20ClN3O3S. The van der Waals surface area contributed by atoms with E-state index in [0.717, 1.165) is 0 Å². The van der Waals surface area contributed by atoms with Crippen molar-refractivity contribution < 1.29 is 14.3 Å². The quantitative estimate of drug-likeness (QED) is 0.771. The Morgan fingerprint density at radius 2 is 1.96 bits per heavy atom. The third-order valence-electron chi connectivity index (χ3n) is 4.17. The summed E-state index contributed by atoms with van der Waals surface area (Å²) in [6.45, 7) is 0.0800. The molecule has 0 saturated carbocycles. The zero-order valence-electron chi connectivity index (χ0n) is 14.8. The summed E-state index contributed by atoms with van der Waals surface area (Å²) in [5, 5.41) is 6.44. The lowest BCUT2D eigenvalue weighted by Crippen LogP contribution is -2.46. The number of carbonyl (C=O) groups excluding carboxylic acids is 2. The Bertz CT molecular complexity index is 816. The van der Waals surface area contributed by atoms with Crippen LogP contribution in [0, 0.1) is 0 Å². The Labute approximate surface area is 167 Å². The summed E-state index contributed by atoms with van der Waals surface area (Å²) >= 11 is 7.65. The molecule has 2 aromatic carbocycles. The van der Waals surface area contributed by atoms with Crippen LogP contribution in [0.4, 0.5) is 11.4 Å². The van der Waals surface area contributed by atoms with Crippen molar-refractivity contribution in [2.45, 2.75) is 6.04 Å². The molecule has 1 saturated heterocycles. The molecule has 0 spiro atoms. The van der Waals surface area contributed by atoms with Gasteiger partial charge in [0.2, 0.25) is 11.8 Å². The van der Waals surface area contributed by atoms with Crippen molar-refractivity contribution in [2.24, 2.45) is 0 Å². The minimum Gasteiger partial charge on any atom is -0.497 e. The predicted octanol–water partition coefficient (Wildman–Crippen LogP) is 3.30. The van der Waals surface area contributed by atoms with Crippen molar-refractivity contribution in [2.75, 3.05) is 35.9 Å². The van der Waals surface area contributed by atoms with Crippen LogP contribution in [0.1, 0.15) is 0 Å². The first-order chi connectivity index (χ1) is 13.1. The highest BCUT2D eigenvalue weighted by Gasteiger charge is 2.34.